The van der Waals surface area contributed by atoms with Gasteiger partial charge in [-0.3, -0.25) is 14.4 Å². The number of amides is 2. The molecular formula is C12H21N2O5. The molecule has 0 aliphatic heterocycles. The normalized spacial score (nSPS) is 13.7. The SMILES string of the molecule is COC(=O)CC(O)C(CC(C)C)NC(=O)[CH]C(N)=O. The van der Waals surface area contributed by atoms with Crippen LogP contribution in [-0.2, 0) is 19.1 Å². The Morgan fingerprint density at radius 3 is 2.37 bits per heavy atom. The fraction of sp³-hybridized carbons (Fsp3) is 0.667. The number of primary amides is 1. The van der Waals surface area contributed by atoms with Crippen LogP contribution in [0.15, 0.2) is 0 Å². The van der Waals surface area contributed by atoms with E-state index in [1.165, 1.54) is 7.11 Å². The van der Waals surface area contributed by atoms with E-state index >= 15 is 0 Å². The zero-order valence-corrected chi connectivity index (χ0v) is 11.4. The zero-order chi connectivity index (χ0) is 15.0. The van der Waals surface area contributed by atoms with Gasteiger partial charge in [-0.05, 0) is 12.3 Å². The number of nitrogens with one attached hydrogen (secondary N) is 1. The van der Waals surface area contributed by atoms with Gasteiger partial charge in [0.2, 0.25) is 11.8 Å². The fourth-order valence-corrected chi connectivity index (χ4v) is 1.57. The van der Waals surface area contributed by atoms with Crippen molar-refractivity contribution < 1.29 is 24.2 Å². The first-order valence-corrected chi connectivity index (χ1v) is 5.95. The van der Waals surface area contributed by atoms with E-state index in [2.05, 4.69) is 10.1 Å². The second kappa shape index (κ2) is 8.47. The van der Waals surface area contributed by atoms with Gasteiger partial charge in [0.1, 0.15) is 6.42 Å². The van der Waals surface area contributed by atoms with Gasteiger partial charge in [-0.25, -0.2) is 0 Å². The number of carbonyl (C=O) groups is 3. The maximum Gasteiger partial charge on any atom is 0.308 e. The quantitative estimate of drug-likeness (QED) is 0.392. The molecule has 0 bridgehead atoms. The molecule has 0 aromatic heterocycles. The molecule has 0 aliphatic rings. The molecule has 0 spiro atoms. The van der Waals surface area contributed by atoms with Crippen LogP contribution in [0.3, 0.4) is 0 Å². The van der Waals surface area contributed by atoms with Crippen molar-refractivity contribution in [1.82, 2.24) is 5.32 Å². The van der Waals surface area contributed by atoms with Gasteiger partial charge in [0.15, 0.2) is 0 Å². The smallest absolute Gasteiger partial charge is 0.308 e. The molecule has 4 N–H and O–H groups in total. The molecule has 0 saturated heterocycles. The second-order valence-electron chi connectivity index (χ2n) is 4.64. The van der Waals surface area contributed by atoms with E-state index in [4.69, 9.17) is 5.73 Å². The summed E-state index contributed by atoms with van der Waals surface area (Å²) in [6, 6.07) is -0.651. The molecule has 0 fully saturated rings. The van der Waals surface area contributed by atoms with Gasteiger partial charge in [0.25, 0.3) is 0 Å². The monoisotopic (exact) mass is 273 g/mol. The minimum atomic E-state index is -1.08. The molecule has 0 rings (SSSR count). The van der Waals surface area contributed by atoms with Crippen LogP contribution >= 0.6 is 0 Å². The van der Waals surface area contributed by atoms with Crippen LogP contribution in [-0.4, -0.2) is 42.1 Å². The number of nitrogens with two attached hydrogens (primary N) is 1. The number of hydrogen-bond donors (Lipinski definition) is 3. The lowest BCUT2D eigenvalue weighted by molar-refractivity contribution is -0.143. The molecule has 0 aliphatic carbocycles. The van der Waals surface area contributed by atoms with Crippen LogP contribution in [0.25, 0.3) is 0 Å². The van der Waals surface area contributed by atoms with E-state index in [0.29, 0.717) is 12.8 Å². The molecule has 19 heavy (non-hydrogen) atoms. The third-order valence-electron chi connectivity index (χ3n) is 2.39. The predicted octanol–water partition coefficient (Wildman–Crippen LogP) is -0.869. The third-order valence-corrected chi connectivity index (χ3v) is 2.39. The first kappa shape index (κ1) is 17.4. The molecule has 109 valence electrons. The first-order chi connectivity index (χ1) is 8.76. The van der Waals surface area contributed by atoms with E-state index < -0.39 is 29.9 Å². The Balaban J connectivity index is 4.56. The molecule has 7 heteroatoms. The Morgan fingerprint density at radius 2 is 1.95 bits per heavy atom. The van der Waals surface area contributed by atoms with Crippen molar-refractivity contribution in [2.75, 3.05) is 7.11 Å². The van der Waals surface area contributed by atoms with Gasteiger partial charge in [-0.15, -0.1) is 0 Å². The van der Waals surface area contributed by atoms with Crippen molar-refractivity contribution in [2.45, 2.75) is 38.8 Å². The maximum atomic E-state index is 11.4. The largest absolute Gasteiger partial charge is 0.469 e. The Hall–Kier alpha value is -1.63. The number of rotatable bonds is 8. The van der Waals surface area contributed by atoms with E-state index in [1.54, 1.807) is 0 Å². The van der Waals surface area contributed by atoms with E-state index in [9.17, 15) is 19.5 Å². The van der Waals surface area contributed by atoms with Gasteiger partial charge in [-0.1, -0.05) is 13.8 Å². The van der Waals surface area contributed by atoms with Crippen molar-refractivity contribution in [3.8, 4) is 0 Å². The molecule has 0 aromatic carbocycles. The van der Waals surface area contributed by atoms with E-state index in [0.717, 1.165) is 0 Å². The third kappa shape index (κ3) is 8.15. The van der Waals surface area contributed by atoms with Gasteiger partial charge >= 0.3 is 5.97 Å². The zero-order valence-electron chi connectivity index (χ0n) is 11.4. The number of methoxy groups -OCH3 is 1. The van der Waals surface area contributed by atoms with Gasteiger partial charge < -0.3 is 20.9 Å². The molecule has 2 atom stereocenters. The Bertz CT molecular complexity index is 330. The molecule has 2 unspecified atom stereocenters. The topological polar surface area (TPSA) is 119 Å². The highest BCUT2D eigenvalue weighted by Crippen LogP contribution is 2.11. The van der Waals surface area contributed by atoms with Gasteiger partial charge in [-0.2, -0.15) is 0 Å². The Morgan fingerprint density at radius 1 is 1.37 bits per heavy atom. The molecular weight excluding hydrogens is 252 g/mol. The number of carbonyl (C=O) groups excluding carboxylic acids is 3. The van der Waals surface area contributed by atoms with Crippen LogP contribution in [0.4, 0.5) is 0 Å². The number of aliphatic hydroxyl groups excluding tert-OH is 1. The van der Waals surface area contributed by atoms with Crippen molar-refractivity contribution in [2.24, 2.45) is 11.7 Å². The summed E-state index contributed by atoms with van der Waals surface area (Å²) in [4.78, 5) is 33.1. The van der Waals surface area contributed by atoms with Crippen LogP contribution in [0.1, 0.15) is 26.7 Å². The summed E-state index contributed by atoms with van der Waals surface area (Å²) in [5, 5.41) is 12.4. The average molecular weight is 273 g/mol. The summed E-state index contributed by atoms with van der Waals surface area (Å²) in [5.74, 6) is -1.95. The van der Waals surface area contributed by atoms with Crippen molar-refractivity contribution >= 4 is 17.8 Å². The molecule has 2 amide bonds. The highest BCUT2D eigenvalue weighted by molar-refractivity contribution is 6.07. The highest BCUT2D eigenvalue weighted by atomic mass is 16.5. The molecule has 0 saturated carbocycles. The molecule has 0 aromatic rings. The lowest BCUT2D eigenvalue weighted by Gasteiger charge is -2.24. The summed E-state index contributed by atoms with van der Waals surface area (Å²) >= 11 is 0. The van der Waals surface area contributed by atoms with Crippen molar-refractivity contribution in [3.05, 3.63) is 6.42 Å². The molecule has 1 radical (unpaired) electrons. The Kier molecular flexibility index (Phi) is 7.74. The van der Waals surface area contributed by atoms with Crippen LogP contribution in [0.2, 0.25) is 0 Å². The summed E-state index contributed by atoms with van der Waals surface area (Å²) < 4.78 is 4.45. The van der Waals surface area contributed by atoms with Crippen molar-refractivity contribution in [3.63, 3.8) is 0 Å². The van der Waals surface area contributed by atoms with E-state index in [-0.39, 0.29) is 12.3 Å². The lowest BCUT2D eigenvalue weighted by Crippen LogP contribution is -2.46. The number of aliphatic hydroxyl groups is 1. The van der Waals surface area contributed by atoms with Gasteiger partial charge in [0.05, 0.1) is 25.7 Å². The number of esters is 1. The minimum Gasteiger partial charge on any atom is -0.469 e. The van der Waals surface area contributed by atoms with Gasteiger partial charge in [0, 0.05) is 0 Å². The number of ether oxygens (including phenoxy) is 1. The summed E-state index contributed by atoms with van der Waals surface area (Å²) in [7, 11) is 1.21. The first-order valence-electron chi connectivity index (χ1n) is 5.95. The van der Waals surface area contributed by atoms with Crippen LogP contribution < -0.4 is 11.1 Å². The second-order valence-corrected chi connectivity index (χ2v) is 4.64. The Labute approximate surface area is 112 Å². The van der Waals surface area contributed by atoms with E-state index in [1.807, 2.05) is 13.8 Å². The summed E-state index contributed by atoms with van der Waals surface area (Å²) in [6.45, 7) is 3.81. The lowest BCUT2D eigenvalue weighted by atomic mass is 9.97. The van der Waals surface area contributed by atoms with Crippen LogP contribution in [0, 0.1) is 12.3 Å². The maximum absolute atomic E-state index is 11.4. The standard InChI is InChI=1S/C12H21N2O5/c1-7(2)4-8(9(15)5-12(18)19-3)14-11(17)6-10(13)16/h6-9,15H,4-5H2,1-3H3,(H2,13,16)(H,14,17). The minimum absolute atomic E-state index is 0.186. The average Bonchev–Trinajstić information content (AvgIpc) is 2.25. The summed E-state index contributed by atoms with van der Waals surface area (Å²) in [6.07, 6.45) is -0.167. The predicted molar refractivity (Wildman–Crippen MR) is 67.5 cm³/mol. The summed E-state index contributed by atoms with van der Waals surface area (Å²) in [5.41, 5.74) is 4.86. The number of hydrogen-bond acceptors (Lipinski definition) is 5. The molecule has 0 heterocycles. The molecule has 7 nitrogen and oxygen atoms in total. The van der Waals surface area contributed by atoms with Crippen LogP contribution in [0.5, 0.6) is 0 Å². The fourth-order valence-electron chi connectivity index (χ4n) is 1.57. The highest BCUT2D eigenvalue weighted by Gasteiger charge is 2.25. The van der Waals surface area contributed by atoms with Crippen molar-refractivity contribution in [1.29, 1.82) is 0 Å².